The van der Waals surface area contributed by atoms with Gasteiger partial charge in [-0.1, -0.05) is 37.3 Å². The van der Waals surface area contributed by atoms with Crippen LogP contribution in [0.5, 0.6) is 0 Å². The number of amides is 1. The number of ether oxygens (including phenoxy) is 1. The summed E-state index contributed by atoms with van der Waals surface area (Å²) >= 11 is 1.95. The van der Waals surface area contributed by atoms with Crippen molar-refractivity contribution >= 4 is 17.2 Å². The third-order valence-electron chi connectivity index (χ3n) is 5.22. The van der Waals surface area contributed by atoms with Crippen molar-refractivity contribution in [2.45, 2.75) is 45.4 Å². The van der Waals surface area contributed by atoms with Crippen LogP contribution in [0.4, 0.5) is 0 Å². The molecule has 0 saturated carbocycles. The summed E-state index contributed by atoms with van der Waals surface area (Å²) in [4.78, 5) is 17.2. The van der Waals surface area contributed by atoms with Gasteiger partial charge in [0.1, 0.15) is 0 Å². The highest BCUT2D eigenvalue weighted by atomic mass is 32.1. The van der Waals surface area contributed by atoms with Crippen LogP contribution in [-0.4, -0.2) is 37.1 Å². The van der Waals surface area contributed by atoms with E-state index in [2.05, 4.69) is 49.4 Å². The molecule has 0 radical (unpaired) electrons. The second kappa shape index (κ2) is 10.6. The topological polar surface area (TPSA) is 29.5 Å². The minimum Gasteiger partial charge on any atom is -0.378 e. The van der Waals surface area contributed by atoms with Crippen molar-refractivity contribution in [3.8, 4) is 0 Å². The smallest absolute Gasteiger partial charge is 0.222 e. The Labute approximate surface area is 167 Å². The van der Waals surface area contributed by atoms with E-state index >= 15 is 0 Å². The van der Waals surface area contributed by atoms with Gasteiger partial charge in [-0.2, -0.15) is 0 Å². The maximum atomic E-state index is 12.3. The van der Waals surface area contributed by atoms with E-state index in [0.717, 1.165) is 38.8 Å². The quantitative estimate of drug-likeness (QED) is 0.624. The van der Waals surface area contributed by atoms with Crippen LogP contribution in [0.25, 0.3) is 0 Å². The monoisotopic (exact) mass is 385 g/mol. The van der Waals surface area contributed by atoms with Crippen molar-refractivity contribution in [3.05, 3.63) is 57.8 Å². The molecule has 3 rings (SSSR count). The second-order valence-electron chi connectivity index (χ2n) is 7.55. The lowest BCUT2D eigenvalue weighted by Crippen LogP contribution is -2.41. The molecule has 0 bridgehead atoms. The molecule has 1 unspecified atom stereocenters. The first-order valence-corrected chi connectivity index (χ1v) is 11.0. The van der Waals surface area contributed by atoms with Crippen LogP contribution in [-0.2, 0) is 28.8 Å². The van der Waals surface area contributed by atoms with Crippen LogP contribution in [0.2, 0.25) is 0 Å². The van der Waals surface area contributed by atoms with Gasteiger partial charge in [0.25, 0.3) is 0 Å². The average molecular weight is 386 g/mol. The van der Waals surface area contributed by atoms with E-state index in [1.807, 2.05) is 16.2 Å². The lowest BCUT2D eigenvalue weighted by atomic mass is 10.0. The molecule has 2 heterocycles. The molecular weight excluding hydrogens is 354 g/mol. The molecule has 4 heteroatoms. The molecule has 1 aromatic carbocycles. The molecule has 0 aliphatic carbocycles. The standard InChI is InChI=1S/C23H31NO2S/c1-19(18-23(25)24-14-16-26-17-15-24)10-11-22-13-12-21(27-22)9-5-8-20-6-3-2-4-7-20/h2-4,6-7,12-13,19H,5,8-11,14-18H2,1H3. The molecule has 0 N–H and O–H groups in total. The lowest BCUT2D eigenvalue weighted by molar-refractivity contribution is -0.136. The van der Waals surface area contributed by atoms with Crippen LogP contribution in [0.3, 0.4) is 0 Å². The number of morpholine rings is 1. The molecule has 1 atom stereocenters. The zero-order valence-electron chi connectivity index (χ0n) is 16.4. The number of aryl methyl sites for hydroxylation is 3. The minimum atomic E-state index is 0.290. The summed E-state index contributed by atoms with van der Waals surface area (Å²) in [5.74, 6) is 0.725. The molecule has 0 spiro atoms. The first-order valence-electron chi connectivity index (χ1n) is 10.2. The van der Waals surface area contributed by atoms with Crippen LogP contribution in [0.1, 0.15) is 41.5 Å². The van der Waals surface area contributed by atoms with E-state index in [0.29, 0.717) is 31.5 Å². The predicted molar refractivity (Wildman–Crippen MR) is 112 cm³/mol. The van der Waals surface area contributed by atoms with Crippen LogP contribution < -0.4 is 0 Å². The fourth-order valence-corrected chi connectivity index (χ4v) is 4.61. The molecule has 1 aliphatic rings. The van der Waals surface area contributed by atoms with Crippen molar-refractivity contribution in [3.63, 3.8) is 0 Å². The van der Waals surface area contributed by atoms with Crippen LogP contribution in [0, 0.1) is 5.92 Å². The third-order valence-corrected chi connectivity index (χ3v) is 6.42. The van der Waals surface area contributed by atoms with E-state index in [4.69, 9.17) is 4.74 Å². The summed E-state index contributed by atoms with van der Waals surface area (Å²) in [6.07, 6.45) is 6.34. The van der Waals surface area contributed by atoms with Crippen molar-refractivity contribution in [1.29, 1.82) is 0 Å². The summed E-state index contributed by atoms with van der Waals surface area (Å²) in [6, 6.07) is 15.3. The van der Waals surface area contributed by atoms with Gasteiger partial charge in [-0.15, -0.1) is 11.3 Å². The lowest BCUT2D eigenvalue weighted by Gasteiger charge is -2.27. The number of carbonyl (C=O) groups is 1. The first-order chi connectivity index (χ1) is 13.2. The van der Waals surface area contributed by atoms with Crippen molar-refractivity contribution < 1.29 is 9.53 Å². The number of carbonyl (C=O) groups excluding carboxylic acids is 1. The van der Waals surface area contributed by atoms with E-state index in [-0.39, 0.29) is 0 Å². The Kier molecular flexibility index (Phi) is 7.91. The van der Waals surface area contributed by atoms with Gasteiger partial charge in [0.15, 0.2) is 0 Å². The molecule has 1 saturated heterocycles. The highest BCUT2D eigenvalue weighted by Crippen LogP contribution is 2.23. The molecule has 3 nitrogen and oxygen atoms in total. The summed E-state index contributed by atoms with van der Waals surface area (Å²) in [7, 11) is 0. The van der Waals surface area contributed by atoms with E-state index in [1.54, 1.807) is 0 Å². The van der Waals surface area contributed by atoms with Crippen LogP contribution in [0.15, 0.2) is 42.5 Å². The normalized spacial score (nSPS) is 15.7. The molecular formula is C23H31NO2S. The van der Waals surface area contributed by atoms with E-state index in [1.165, 1.54) is 21.7 Å². The van der Waals surface area contributed by atoms with E-state index < -0.39 is 0 Å². The van der Waals surface area contributed by atoms with Gasteiger partial charge in [-0.05, 0) is 55.7 Å². The van der Waals surface area contributed by atoms with Gasteiger partial charge in [-0.25, -0.2) is 0 Å². The Balaban J connectivity index is 1.35. The zero-order valence-corrected chi connectivity index (χ0v) is 17.2. The van der Waals surface area contributed by atoms with Gasteiger partial charge >= 0.3 is 0 Å². The largest absolute Gasteiger partial charge is 0.378 e. The fourth-order valence-electron chi connectivity index (χ4n) is 3.53. The Morgan fingerprint density at radius 2 is 1.74 bits per heavy atom. The third kappa shape index (κ3) is 6.78. The summed E-state index contributed by atoms with van der Waals surface area (Å²) in [5.41, 5.74) is 1.42. The van der Waals surface area contributed by atoms with Crippen LogP contribution >= 0.6 is 11.3 Å². The molecule has 1 amide bonds. The molecule has 27 heavy (non-hydrogen) atoms. The summed E-state index contributed by atoms with van der Waals surface area (Å²) in [5, 5.41) is 0. The Morgan fingerprint density at radius 1 is 1.04 bits per heavy atom. The number of thiophene rings is 1. The minimum absolute atomic E-state index is 0.290. The second-order valence-corrected chi connectivity index (χ2v) is 8.80. The highest BCUT2D eigenvalue weighted by Gasteiger charge is 2.19. The molecule has 1 aliphatic heterocycles. The first kappa shape index (κ1) is 20.1. The van der Waals surface area contributed by atoms with Gasteiger partial charge in [0.05, 0.1) is 13.2 Å². The number of hydrogen-bond donors (Lipinski definition) is 0. The number of benzene rings is 1. The SMILES string of the molecule is CC(CCc1ccc(CCCc2ccccc2)s1)CC(=O)N1CCOCC1. The van der Waals surface area contributed by atoms with Gasteiger partial charge in [-0.3, -0.25) is 4.79 Å². The van der Waals surface area contributed by atoms with Gasteiger partial charge < -0.3 is 9.64 Å². The van der Waals surface area contributed by atoms with E-state index in [9.17, 15) is 4.79 Å². The summed E-state index contributed by atoms with van der Waals surface area (Å²) < 4.78 is 5.32. The maximum absolute atomic E-state index is 12.3. The Bertz CT molecular complexity index is 691. The average Bonchev–Trinajstić information content (AvgIpc) is 3.16. The number of hydrogen-bond acceptors (Lipinski definition) is 3. The molecule has 1 aromatic heterocycles. The highest BCUT2D eigenvalue weighted by molar-refractivity contribution is 7.11. The molecule has 146 valence electrons. The summed E-state index contributed by atoms with van der Waals surface area (Å²) in [6.45, 7) is 5.07. The Morgan fingerprint density at radius 3 is 2.48 bits per heavy atom. The zero-order chi connectivity index (χ0) is 18.9. The predicted octanol–water partition coefficient (Wildman–Crippen LogP) is 4.74. The fraction of sp³-hybridized carbons (Fsp3) is 0.522. The van der Waals surface area contributed by atoms with Crippen molar-refractivity contribution in [1.82, 2.24) is 4.90 Å². The molecule has 1 fully saturated rings. The molecule has 2 aromatic rings. The number of rotatable bonds is 9. The Hall–Kier alpha value is -1.65. The van der Waals surface area contributed by atoms with Crippen molar-refractivity contribution in [2.75, 3.05) is 26.3 Å². The van der Waals surface area contributed by atoms with Gasteiger partial charge in [0.2, 0.25) is 5.91 Å². The van der Waals surface area contributed by atoms with Crippen molar-refractivity contribution in [2.24, 2.45) is 5.92 Å². The van der Waals surface area contributed by atoms with Gasteiger partial charge in [0, 0.05) is 29.3 Å². The maximum Gasteiger partial charge on any atom is 0.222 e. The number of nitrogens with zero attached hydrogens (tertiary/aromatic N) is 1.